The third-order valence-electron chi connectivity index (χ3n) is 4.05. The molecule has 0 unspecified atom stereocenters. The van der Waals surface area contributed by atoms with Gasteiger partial charge in [0.2, 0.25) is 0 Å². The highest BCUT2D eigenvalue weighted by molar-refractivity contribution is 7.92. The fraction of sp³-hybridized carbons (Fsp3) is 0.263. The van der Waals surface area contributed by atoms with Crippen LogP contribution in [0.1, 0.15) is 0 Å². The van der Waals surface area contributed by atoms with Crippen LogP contribution in [0.25, 0.3) is 11.0 Å². The van der Waals surface area contributed by atoms with Gasteiger partial charge in [-0.15, -0.1) is 12.4 Å². The molecule has 1 aromatic heterocycles. The summed E-state index contributed by atoms with van der Waals surface area (Å²) in [5, 5.41) is 4.12. The summed E-state index contributed by atoms with van der Waals surface area (Å²) in [4.78, 5) is 2.22. The second-order valence-corrected chi connectivity index (χ2v) is 8.06. The third-order valence-corrected chi connectivity index (χ3v) is 5.44. The number of rotatable bonds is 8. The van der Waals surface area contributed by atoms with Crippen LogP contribution in [0.4, 0.5) is 11.4 Å². The van der Waals surface area contributed by atoms with E-state index in [9.17, 15) is 8.42 Å². The fourth-order valence-electron chi connectivity index (χ4n) is 2.66. The molecule has 0 aliphatic heterocycles. The first-order valence-electron chi connectivity index (χ1n) is 8.46. The smallest absolute Gasteiger partial charge is 0.261 e. The van der Waals surface area contributed by atoms with E-state index in [-0.39, 0.29) is 17.3 Å². The molecular weight excluding hydrogens is 402 g/mol. The van der Waals surface area contributed by atoms with E-state index in [0.29, 0.717) is 23.6 Å². The maximum Gasteiger partial charge on any atom is 0.261 e. The standard InChI is InChI=1S/C19H23N3O4S.ClH/c1-22(2)10-9-20-18-13-15(12-14-8-11-26-19(14)18)21-27(23,24)17-6-4-16(25-3)5-7-17;/h4-8,11-13,20-21H,9-10H2,1-3H3;1H. The summed E-state index contributed by atoms with van der Waals surface area (Å²) < 4.78 is 38.6. The van der Waals surface area contributed by atoms with Crippen LogP contribution in [0, 0.1) is 0 Å². The molecule has 2 N–H and O–H groups in total. The molecule has 0 amide bonds. The van der Waals surface area contributed by atoms with E-state index in [1.807, 2.05) is 14.1 Å². The molecule has 152 valence electrons. The topological polar surface area (TPSA) is 83.8 Å². The van der Waals surface area contributed by atoms with Gasteiger partial charge in [0, 0.05) is 18.5 Å². The van der Waals surface area contributed by atoms with Gasteiger partial charge in [-0.2, -0.15) is 0 Å². The fourth-order valence-corrected chi connectivity index (χ4v) is 3.70. The molecule has 9 heteroatoms. The number of furan rings is 1. The number of nitrogens with zero attached hydrogens (tertiary/aromatic N) is 1. The van der Waals surface area contributed by atoms with Crippen molar-refractivity contribution in [1.82, 2.24) is 4.90 Å². The normalized spacial score (nSPS) is 11.3. The Morgan fingerprint density at radius 3 is 2.46 bits per heavy atom. The Balaban J connectivity index is 0.00000280. The highest BCUT2D eigenvalue weighted by Gasteiger charge is 2.16. The molecule has 0 aliphatic carbocycles. The zero-order chi connectivity index (χ0) is 19.4. The van der Waals surface area contributed by atoms with E-state index in [1.165, 1.54) is 19.2 Å². The number of fused-ring (bicyclic) bond motifs is 1. The molecule has 0 radical (unpaired) electrons. The molecule has 7 nitrogen and oxygen atoms in total. The van der Waals surface area contributed by atoms with Crippen molar-refractivity contribution in [2.24, 2.45) is 0 Å². The number of methoxy groups -OCH3 is 1. The molecule has 0 fully saturated rings. The predicted molar refractivity (Wildman–Crippen MR) is 114 cm³/mol. The lowest BCUT2D eigenvalue weighted by molar-refractivity contribution is 0.414. The van der Waals surface area contributed by atoms with Crippen molar-refractivity contribution < 1.29 is 17.6 Å². The number of sulfonamides is 1. The van der Waals surface area contributed by atoms with Crippen molar-refractivity contribution in [2.75, 3.05) is 44.3 Å². The van der Waals surface area contributed by atoms with Crippen LogP contribution in [-0.2, 0) is 10.0 Å². The van der Waals surface area contributed by atoms with Crippen LogP contribution in [0.15, 0.2) is 58.0 Å². The van der Waals surface area contributed by atoms with E-state index in [1.54, 1.807) is 36.6 Å². The summed E-state index contributed by atoms with van der Waals surface area (Å²) in [7, 11) is 1.80. The van der Waals surface area contributed by atoms with E-state index < -0.39 is 10.0 Å². The Morgan fingerprint density at radius 2 is 1.82 bits per heavy atom. The number of benzene rings is 2. The van der Waals surface area contributed by atoms with Crippen LogP contribution in [0.2, 0.25) is 0 Å². The van der Waals surface area contributed by atoms with Crippen molar-refractivity contribution in [3.05, 3.63) is 48.7 Å². The maximum absolute atomic E-state index is 12.7. The number of halogens is 1. The molecular formula is C19H24ClN3O4S. The molecule has 0 bridgehead atoms. The van der Waals surface area contributed by atoms with Crippen LogP contribution in [-0.4, -0.2) is 47.6 Å². The number of hydrogen-bond donors (Lipinski definition) is 2. The zero-order valence-electron chi connectivity index (χ0n) is 15.9. The molecule has 3 aromatic rings. The van der Waals surface area contributed by atoms with Gasteiger partial charge in [0.15, 0.2) is 5.58 Å². The Morgan fingerprint density at radius 1 is 1.11 bits per heavy atom. The van der Waals surface area contributed by atoms with Crippen molar-refractivity contribution >= 4 is 44.8 Å². The van der Waals surface area contributed by atoms with Gasteiger partial charge in [-0.1, -0.05) is 0 Å². The molecule has 0 spiro atoms. The predicted octanol–water partition coefficient (Wildman–Crippen LogP) is 3.64. The zero-order valence-corrected chi connectivity index (χ0v) is 17.6. The van der Waals surface area contributed by atoms with Gasteiger partial charge in [-0.3, -0.25) is 4.72 Å². The number of ether oxygens (including phenoxy) is 1. The maximum atomic E-state index is 12.7. The molecule has 0 saturated heterocycles. The Hall–Kier alpha value is -2.42. The molecule has 28 heavy (non-hydrogen) atoms. The SMILES string of the molecule is COc1ccc(S(=O)(=O)Nc2cc(NCCN(C)C)c3occc3c2)cc1.Cl. The second-order valence-electron chi connectivity index (χ2n) is 6.37. The first-order chi connectivity index (χ1) is 12.9. The first-order valence-corrected chi connectivity index (χ1v) is 9.94. The quantitative estimate of drug-likeness (QED) is 0.573. The summed E-state index contributed by atoms with van der Waals surface area (Å²) in [6.07, 6.45) is 1.59. The largest absolute Gasteiger partial charge is 0.497 e. The molecule has 0 saturated carbocycles. The highest BCUT2D eigenvalue weighted by atomic mass is 35.5. The van der Waals surface area contributed by atoms with E-state index in [4.69, 9.17) is 9.15 Å². The van der Waals surface area contributed by atoms with Gasteiger partial charge in [-0.05, 0) is 56.6 Å². The van der Waals surface area contributed by atoms with Crippen molar-refractivity contribution in [3.8, 4) is 5.75 Å². The molecule has 0 atom stereocenters. The highest BCUT2D eigenvalue weighted by Crippen LogP contribution is 2.30. The summed E-state index contributed by atoms with van der Waals surface area (Å²) in [5.41, 5.74) is 1.90. The average Bonchev–Trinajstić information content (AvgIpc) is 3.10. The van der Waals surface area contributed by atoms with Crippen molar-refractivity contribution in [1.29, 1.82) is 0 Å². The minimum absolute atomic E-state index is 0. The Bertz CT molecular complexity index is 1020. The minimum atomic E-state index is -3.71. The molecule has 3 rings (SSSR count). The summed E-state index contributed by atoms with van der Waals surface area (Å²) in [6.45, 7) is 1.54. The molecule has 2 aromatic carbocycles. The van der Waals surface area contributed by atoms with Gasteiger partial charge in [0.25, 0.3) is 10.0 Å². The lowest BCUT2D eigenvalue weighted by Crippen LogP contribution is -2.21. The van der Waals surface area contributed by atoms with Crippen molar-refractivity contribution in [3.63, 3.8) is 0 Å². The van der Waals surface area contributed by atoms with E-state index >= 15 is 0 Å². The minimum Gasteiger partial charge on any atom is -0.497 e. The summed E-state index contributed by atoms with van der Waals surface area (Å²) in [6, 6.07) is 11.5. The molecule has 1 heterocycles. The van der Waals surface area contributed by atoms with Crippen LogP contribution >= 0.6 is 12.4 Å². The van der Waals surface area contributed by atoms with E-state index in [0.717, 1.165) is 17.6 Å². The van der Waals surface area contributed by atoms with E-state index in [2.05, 4.69) is 14.9 Å². The van der Waals surface area contributed by atoms with Crippen molar-refractivity contribution in [2.45, 2.75) is 4.90 Å². The number of anilines is 2. The average molecular weight is 426 g/mol. The Labute approximate surface area is 171 Å². The van der Waals surface area contributed by atoms with Gasteiger partial charge in [-0.25, -0.2) is 8.42 Å². The van der Waals surface area contributed by atoms with Gasteiger partial charge >= 0.3 is 0 Å². The lowest BCUT2D eigenvalue weighted by Gasteiger charge is -2.14. The van der Waals surface area contributed by atoms with Crippen LogP contribution in [0.5, 0.6) is 5.75 Å². The second kappa shape index (κ2) is 9.18. The lowest BCUT2D eigenvalue weighted by atomic mass is 10.2. The number of likely N-dealkylation sites (N-methyl/N-ethyl adjacent to an activating group) is 1. The Kier molecular flexibility index (Phi) is 7.17. The monoisotopic (exact) mass is 425 g/mol. The van der Waals surface area contributed by atoms with Gasteiger partial charge in [0.1, 0.15) is 5.75 Å². The summed E-state index contributed by atoms with van der Waals surface area (Å²) in [5.74, 6) is 0.598. The first kappa shape index (κ1) is 21.9. The number of nitrogens with one attached hydrogen (secondary N) is 2. The number of hydrogen-bond acceptors (Lipinski definition) is 6. The summed E-state index contributed by atoms with van der Waals surface area (Å²) >= 11 is 0. The third kappa shape index (κ3) is 5.09. The van der Waals surface area contributed by atoms with Crippen LogP contribution in [0.3, 0.4) is 0 Å². The van der Waals surface area contributed by atoms with Crippen LogP contribution < -0.4 is 14.8 Å². The van der Waals surface area contributed by atoms with Gasteiger partial charge < -0.3 is 19.4 Å². The van der Waals surface area contributed by atoms with Gasteiger partial charge in [0.05, 0.1) is 29.6 Å². The molecule has 0 aliphatic rings.